The summed E-state index contributed by atoms with van der Waals surface area (Å²) in [5.41, 5.74) is 3.12. The topological polar surface area (TPSA) is 57.0 Å². The molecule has 0 saturated carbocycles. The lowest BCUT2D eigenvalue weighted by Gasteiger charge is -2.13. The highest BCUT2D eigenvalue weighted by Gasteiger charge is 2.17. The van der Waals surface area contributed by atoms with Crippen LogP contribution < -0.4 is 4.74 Å². The monoisotopic (exact) mass is 273 g/mol. The Morgan fingerprint density at radius 1 is 1.40 bits per heavy atom. The van der Waals surface area contributed by atoms with Gasteiger partial charge in [-0.25, -0.2) is 4.68 Å². The Kier molecular flexibility index (Phi) is 4.17. The van der Waals surface area contributed by atoms with Crippen molar-refractivity contribution in [3.05, 3.63) is 35.2 Å². The molecule has 0 aliphatic heterocycles. The first kappa shape index (κ1) is 14.2. The molecular weight excluding hydrogens is 254 g/mol. The number of hydrogen-bond acceptors (Lipinski definition) is 4. The number of aldehydes is 1. The van der Waals surface area contributed by atoms with Crippen LogP contribution in [0.3, 0.4) is 0 Å². The van der Waals surface area contributed by atoms with Gasteiger partial charge in [0.1, 0.15) is 17.1 Å². The van der Waals surface area contributed by atoms with Crippen molar-refractivity contribution in [2.24, 2.45) is 5.92 Å². The van der Waals surface area contributed by atoms with E-state index in [4.69, 9.17) is 4.74 Å². The lowest BCUT2D eigenvalue weighted by Crippen LogP contribution is -2.08. The van der Waals surface area contributed by atoms with Gasteiger partial charge in [0.25, 0.3) is 0 Å². The maximum atomic E-state index is 11.1. The van der Waals surface area contributed by atoms with E-state index in [1.807, 2.05) is 25.1 Å². The smallest absolute Gasteiger partial charge is 0.172 e. The normalized spacial score (nSPS) is 10.8. The van der Waals surface area contributed by atoms with Gasteiger partial charge >= 0.3 is 0 Å². The van der Waals surface area contributed by atoms with Crippen LogP contribution >= 0.6 is 0 Å². The van der Waals surface area contributed by atoms with Crippen molar-refractivity contribution in [2.45, 2.75) is 27.2 Å². The zero-order valence-electron chi connectivity index (χ0n) is 12.3. The van der Waals surface area contributed by atoms with Gasteiger partial charge in [0.15, 0.2) is 6.29 Å². The van der Waals surface area contributed by atoms with Crippen LogP contribution in [0, 0.1) is 12.8 Å². The number of methoxy groups -OCH3 is 1. The Bertz CT molecular complexity index is 618. The van der Waals surface area contributed by atoms with Crippen LogP contribution in [-0.4, -0.2) is 28.4 Å². The van der Waals surface area contributed by atoms with Crippen LogP contribution in [0.4, 0.5) is 0 Å². The first-order valence-corrected chi connectivity index (χ1v) is 6.61. The van der Waals surface area contributed by atoms with Crippen molar-refractivity contribution in [2.75, 3.05) is 7.11 Å². The number of carbonyl (C=O) groups excluding carboxylic acids is 1. The van der Waals surface area contributed by atoms with Gasteiger partial charge in [-0.2, -0.15) is 0 Å². The first-order chi connectivity index (χ1) is 9.56. The summed E-state index contributed by atoms with van der Waals surface area (Å²) in [6, 6.07) is 5.85. The van der Waals surface area contributed by atoms with Crippen molar-refractivity contribution in [3.8, 4) is 11.4 Å². The lowest BCUT2D eigenvalue weighted by atomic mass is 10.1. The van der Waals surface area contributed by atoms with Gasteiger partial charge in [0.05, 0.1) is 12.8 Å². The zero-order chi connectivity index (χ0) is 14.7. The fourth-order valence-electron chi connectivity index (χ4n) is 2.14. The van der Waals surface area contributed by atoms with Crippen LogP contribution in [0.25, 0.3) is 5.69 Å². The molecule has 5 nitrogen and oxygen atoms in total. The number of aryl methyl sites for hydroxylation is 1. The molecule has 0 fully saturated rings. The van der Waals surface area contributed by atoms with Crippen molar-refractivity contribution in [1.29, 1.82) is 0 Å². The molecule has 0 spiro atoms. The molecule has 0 aliphatic rings. The Labute approximate surface area is 118 Å². The second kappa shape index (κ2) is 5.86. The van der Waals surface area contributed by atoms with Crippen LogP contribution in [0.15, 0.2) is 18.2 Å². The Hall–Kier alpha value is -2.17. The Balaban J connectivity index is 2.60. The van der Waals surface area contributed by atoms with E-state index in [0.717, 1.165) is 29.7 Å². The minimum atomic E-state index is 0.391. The maximum Gasteiger partial charge on any atom is 0.172 e. The minimum Gasteiger partial charge on any atom is -0.494 e. The predicted octanol–water partition coefficient (Wildman–Crippen LogP) is 2.60. The molecule has 20 heavy (non-hydrogen) atoms. The number of nitrogens with zero attached hydrogens (tertiary/aromatic N) is 3. The van der Waals surface area contributed by atoms with Crippen LogP contribution in [0.1, 0.15) is 35.6 Å². The lowest BCUT2D eigenvalue weighted by molar-refractivity contribution is 0.111. The molecule has 106 valence electrons. The van der Waals surface area contributed by atoms with Crippen LogP contribution in [0.5, 0.6) is 5.75 Å². The van der Waals surface area contributed by atoms with Crippen molar-refractivity contribution in [3.63, 3.8) is 0 Å². The van der Waals surface area contributed by atoms with E-state index < -0.39 is 0 Å². The third kappa shape index (κ3) is 2.71. The van der Waals surface area contributed by atoms with E-state index in [-0.39, 0.29) is 0 Å². The largest absolute Gasteiger partial charge is 0.494 e. The highest BCUT2D eigenvalue weighted by molar-refractivity contribution is 5.73. The molecule has 5 heteroatoms. The number of rotatable bonds is 5. The highest BCUT2D eigenvalue weighted by Crippen LogP contribution is 2.26. The molecule has 1 aromatic carbocycles. The van der Waals surface area contributed by atoms with Gasteiger partial charge in [-0.15, -0.1) is 5.10 Å². The molecule has 1 aromatic heterocycles. The van der Waals surface area contributed by atoms with Gasteiger partial charge in [-0.05, 0) is 37.0 Å². The molecular formula is C15H19N3O2. The molecule has 0 aliphatic carbocycles. The Morgan fingerprint density at radius 2 is 2.15 bits per heavy atom. The fraction of sp³-hybridized carbons (Fsp3) is 0.400. The number of hydrogen-bond donors (Lipinski definition) is 0. The van der Waals surface area contributed by atoms with E-state index in [1.54, 1.807) is 11.8 Å². The van der Waals surface area contributed by atoms with Gasteiger partial charge < -0.3 is 4.74 Å². The predicted molar refractivity (Wildman–Crippen MR) is 76.6 cm³/mol. The third-order valence-corrected chi connectivity index (χ3v) is 3.07. The molecule has 0 atom stereocenters. The minimum absolute atomic E-state index is 0.391. The zero-order valence-corrected chi connectivity index (χ0v) is 12.3. The molecule has 0 bridgehead atoms. The average molecular weight is 273 g/mol. The first-order valence-electron chi connectivity index (χ1n) is 6.61. The third-order valence-electron chi connectivity index (χ3n) is 3.07. The molecule has 2 rings (SSSR count). The molecule has 2 aromatic rings. The van der Waals surface area contributed by atoms with Crippen LogP contribution in [0.2, 0.25) is 0 Å². The van der Waals surface area contributed by atoms with Crippen LogP contribution in [-0.2, 0) is 6.42 Å². The van der Waals surface area contributed by atoms with Gasteiger partial charge in [-0.3, -0.25) is 4.79 Å². The quantitative estimate of drug-likeness (QED) is 0.786. The highest BCUT2D eigenvalue weighted by atomic mass is 16.5. The van der Waals surface area contributed by atoms with E-state index >= 15 is 0 Å². The molecule has 0 saturated heterocycles. The summed E-state index contributed by atoms with van der Waals surface area (Å²) in [6.07, 6.45) is 1.49. The van der Waals surface area contributed by atoms with Gasteiger partial charge in [0.2, 0.25) is 0 Å². The van der Waals surface area contributed by atoms with E-state index in [1.165, 1.54) is 0 Å². The second-order valence-electron chi connectivity index (χ2n) is 5.22. The Morgan fingerprint density at radius 3 is 2.75 bits per heavy atom. The molecule has 0 unspecified atom stereocenters. The molecule has 0 amide bonds. The SMILES string of the molecule is COc1ccc(C)cc1-n1nnc(C=O)c1CC(C)C. The summed E-state index contributed by atoms with van der Waals surface area (Å²) >= 11 is 0. The van der Waals surface area contributed by atoms with Crippen molar-refractivity contribution < 1.29 is 9.53 Å². The van der Waals surface area contributed by atoms with Gasteiger partial charge in [-0.1, -0.05) is 25.1 Å². The number of benzene rings is 1. The second-order valence-corrected chi connectivity index (χ2v) is 5.22. The molecule has 0 N–H and O–H groups in total. The van der Waals surface area contributed by atoms with E-state index in [0.29, 0.717) is 17.4 Å². The van der Waals surface area contributed by atoms with E-state index in [9.17, 15) is 4.79 Å². The van der Waals surface area contributed by atoms with Crippen molar-refractivity contribution >= 4 is 6.29 Å². The number of ether oxygens (including phenoxy) is 1. The summed E-state index contributed by atoms with van der Waals surface area (Å²) in [5.74, 6) is 1.12. The summed E-state index contributed by atoms with van der Waals surface area (Å²) in [7, 11) is 1.62. The summed E-state index contributed by atoms with van der Waals surface area (Å²) in [6.45, 7) is 6.20. The summed E-state index contributed by atoms with van der Waals surface area (Å²) in [5, 5.41) is 8.07. The van der Waals surface area contributed by atoms with E-state index in [2.05, 4.69) is 24.2 Å². The van der Waals surface area contributed by atoms with Crippen molar-refractivity contribution in [1.82, 2.24) is 15.0 Å². The molecule has 1 heterocycles. The number of aromatic nitrogens is 3. The molecule has 0 radical (unpaired) electrons. The average Bonchev–Trinajstić information content (AvgIpc) is 2.80. The van der Waals surface area contributed by atoms with Gasteiger partial charge in [0, 0.05) is 0 Å². The summed E-state index contributed by atoms with van der Waals surface area (Å²) < 4.78 is 7.08. The standard InChI is InChI=1S/C15H19N3O2/c1-10(2)7-13-12(9-19)16-17-18(13)14-8-11(3)5-6-15(14)20-4/h5-6,8-10H,7H2,1-4H3. The fourth-order valence-corrected chi connectivity index (χ4v) is 2.14. The summed E-state index contributed by atoms with van der Waals surface area (Å²) in [4.78, 5) is 11.1. The maximum absolute atomic E-state index is 11.1. The number of carbonyl (C=O) groups is 1.